The molecule has 1 atom stereocenters. The summed E-state index contributed by atoms with van der Waals surface area (Å²) in [4.78, 5) is 16.3. The van der Waals surface area contributed by atoms with Gasteiger partial charge in [0.2, 0.25) is 11.9 Å². The first kappa shape index (κ1) is 11.8. The molecule has 100 valence electrons. The Morgan fingerprint density at radius 1 is 1.42 bits per heavy atom. The van der Waals surface area contributed by atoms with Gasteiger partial charge in [-0.1, -0.05) is 0 Å². The zero-order valence-corrected chi connectivity index (χ0v) is 10.1. The Labute approximate surface area is 108 Å². The summed E-state index contributed by atoms with van der Waals surface area (Å²) >= 11 is 0. The Bertz CT molecular complexity index is 539. The highest BCUT2D eigenvalue weighted by atomic mass is 16.6. The minimum atomic E-state index is -0.0383. The van der Waals surface area contributed by atoms with Crippen LogP contribution in [0.2, 0.25) is 0 Å². The number of aromatic nitrogens is 5. The van der Waals surface area contributed by atoms with E-state index >= 15 is 0 Å². The van der Waals surface area contributed by atoms with Crippen molar-refractivity contribution in [3.8, 4) is 12.0 Å². The molecular formula is C10H13N7O2. The van der Waals surface area contributed by atoms with Crippen molar-refractivity contribution in [2.24, 2.45) is 5.84 Å². The van der Waals surface area contributed by atoms with E-state index < -0.39 is 0 Å². The number of nitrogens with one attached hydrogen (secondary N) is 1. The Morgan fingerprint density at radius 2 is 2.37 bits per heavy atom. The van der Waals surface area contributed by atoms with Gasteiger partial charge in [-0.05, 0) is 0 Å². The lowest BCUT2D eigenvalue weighted by molar-refractivity contribution is 0.134. The second-order valence-electron chi connectivity index (χ2n) is 3.96. The third-order valence-electron chi connectivity index (χ3n) is 2.63. The van der Waals surface area contributed by atoms with Gasteiger partial charge in [-0.2, -0.15) is 15.0 Å². The molecule has 0 saturated carbocycles. The van der Waals surface area contributed by atoms with E-state index in [9.17, 15) is 0 Å². The van der Waals surface area contributed by atoms with Crippen LogP contribution in [0.3, 0.4) is 0 Å². The van der Waals surface area contributed by atoms with Crippen molar-refractivity contribution < 1.29 is 9.47 Å². The number of imidazole rings is 1. The third kappa shape index (κ3) is 2.61. The molecule has 3 heterocycles. The molecule has 9 nitrogen and oxygen atoms in total. The summed E-state index contributed by atoms with van der Waals surface area (Å²) in [5.41, 5.74) is 2.39. The molecule has 1 unspecified atom stereocenters. The lowest BCUT2D eigenvalue weighted by Crippen LogP contribution is -2.20. The van der Waals surface area contributed by atoms with Crippen molar-refractivity contribution in [3.63, 3.8) is 0 Å². The third-order valence-corrected chi connectivity index (χ3v) is 2.63. The topological polar surface area (TPSA) is 113 Å². The highest BCUT2D eigenvalue weighted by molar-refractivity contribution is 5.28. The second kappa shape index (κ2) is 5.16. The number of ether oxygens (including phenoxy) is 2. The second-order valence-corrected chi connectivity index (χ2v) is 3.96. The molecule has 0 amide bonds. The molecule has 1 aliphatic heterocycles. The fourth-order valence-corrected chi connectivity index (χ4v) is 1.71. The van der Waals surface area contributed by atoms with Crippen molar-refractivity contribution >= 4 is 5.95 Å². The van der Waals surface area contributed by atoms with E-state index in [2.05, 4.69) is 25.4 Å². The number of anilines is 1. The molecule has 1 aliphatic rings. The number of hydrogen-bond donors (Lipinski definition) is 2. The van der Waals surface area contributed by atoms with Crippen LogP contribution in [0.4, 0.5) is 5.95 Å². The molecule has 19 heavy (non-hydrogen) atoms. The van der Waals surface area contributed by atoms with Crippen molar-refractivity contribution in [1.82, 2.24) is 24.5 Å². The van der Waals surface area contributed by atoms with Crippen LogP contribution in [0.25, 0.3) is 5.95 Å². The molecule has 9 heteroatoms. The number of rotatable bonds is 4. The van der Waals surface area contributed by atoms with Crippen LogP contribution < -0.4 is 16.0 Å². The lowest BCUT2D eigenvalue weighted by Gasteiger charge is -2.11. The average molecular weight is 263 g/mol. The minimum Gasteiger partial charge on any atom is -0.457 e. The zero-order valence-electron chi connectivity index (χ0n) is 10.1. The Kier molecular flexibility index (Phi) is 3.21. The van der Waals surface area contributed by atoms with Crippen LogP contribution >= 0.6 is 0 Å². The molecule has 0 radical (unpaired) electrons. The first-order chi connectivity index (χ1) is 9.35. The quantitative estimate of drug-likeness (QED) is 0.561. The monoisotopic (exact) mass is 263 g/mol. The normalized spacial score (nSPS) is 18.5. The molecule has 1 saturated heterocycles. The van der Waals surface area contributed by atoms with Gasteiger partial charge in [-0.25, -0.2) is 10.8 Å². The lowest BCUT2D eigenvalue weighted by atomic mass is 10.3. The van der Waals surface area contributed by atoms with Crippen molar-refractivity contribution in [1.29, 1.82) is 0 Å². The molecule has 1 fully saturated rings. The Hall–Kier alpha value is -2.26. The van der Waals surface area contributed by atoms with Crippen LogP contribution in [-0.4, -0.2) is 43.8 Å². The van der Waals surface area contributed by atoms with Gasteiger partial charge >= 0.3 is 6.01 Å². The van der Waals surface area contributed by atoms with E-state index in [-0.39, 0.29) is 18.1 Å². The molecule has 2 aromatic rings. The number of hydrogen-bond acceptors (Lipinski definition) is 8. The first-order valence-corrected chi connectivity index (χ1v) is 5.80. The molecule has 0 spiro atoms. The van der Waals surface area contributed by atoms with Gasteiger partial charge in [0.15, 0.2) is 0 Å². The number of nitrogen functional groups attached to an aromatic ring is 1. The Morgan fingerprint density at radius 3 is 3.05 bits per heavy atom. The van der Waals surface area contributed by atoms with Gasteiger partial charge in [0.05, 0.1) is 13.2 Å². The smallest absolute Gasteiger partial charge is 0.323 e. The summed E-state index contributed by atoms with van der Waals surface area (Å²) in [6.07, 6.45) is 5.71. The van der Waals surface area contributed by atoms with Gasteiger partial charge in [0.25, 0.3) is 0 Å². The zero-order chi connectivity index (χ0) is 13.1. The first-order valence-electron chi connectivity index (χ1n) is 5.80. The standard InChI is InChI=1S/C10H13N7O2/c11-16-8-13-9(17-3-2-12-6-17)15-10(14-8)19-7-1-4-18-5-7/h2-3,6-7H,1,4-5,11H2,(H,13,14,15,16). The molecule has 3 rings (SSSR count). The molecule has 0 aromatic carbocycles. The van der Waals surface area contributed by atoms with Gasteiger partial charge in [-0.3, -0.25) is 9.99 Å². The van der Waals surface area contributed by atoms with Crippen molar-refractivity contribution in [2.75, 3.05) is 18.6 Å². The summed E-state index contributed by atoms with van der Waals surface area (Å²) in [6, 6.07) is 0.210. The molecule has 0 aliphatic carbocycles. The summed E-state index contributed by atoms with van der Waals surface area (Å²) in [5, 5.41) is 0. The minimum absolute atomic E-state index is 0.0383. The number of hydrazine groups is 1. The van der Waals surface area contributed by atoms with E-state index in [1.165, 1.54) is 0 Å². The summed E-state index contributed by atoms with van der Waals surface area (Å²) in [7, 11) is 0. The molecular weight excluding hydrogens is 250 g/mol. The predicted molar refractivity (Wildman–Crippen MR) is 64.6 cm³/mol. The maximum atomic E-state index is 5.64. The van der Waals surface area contributed by atoms with Crippen LogP contribution in [0.5, 0.6) is 6.01 Å². The van der Waals surface area contributed by atoms with Gasteiger partial charge < -0.3 is 9.47 Å². The van der Waals surface area contributed by atoms with Gasteiger partial charge in [-0.15, -0.1) is 0 Å². The molecule has 3 N–H and O–H groups in total. The fourth-order valence-electron chi connectivity index (χ4n) is 1.71. The summed E-state index contributed by atoms with van der Waals surface area (Å²) < 4.78 is 12.5. The van der Waals surface area contributed by atoms with E-state index in [1.54, 1.807) is 23.3 Å². The average Bonchev–Trinajstić information content (AvgIpc) is 3.11. The van der Waals surface area contributed by atoms with E-state index in [1.807, 2.05) is 0 Å². The summed E-state index contributed by atoms with van der Waals surface area (Å²) in [6.45, 7) is 1.23. The number of nitrogens with two attached hydrogens (primary N) is 1. The van der Waals surface area contributed by atoms with Crippen molar-refractivity contribution in [2.45, 2.75) is 12.5 Å². The van der Waals surface area contributed by atoms with Gasteiger partial charge in [0, 0.05) is 18.8 Å². The Balaban J connectivity index is 1.88. The highest BCUT2D eigenvalue weighted by Gasteiger charge is 2.19. The maximum absolute atomic E-state index is 5.64. The van der Waals surface area contributed by atoms with E-state index in [0.29, 0.717) is 19.2 Å². The largest absolute Gasteiger partial charge is 0.457 e. The van der Waals surface area contributed by atoms with Crippen LogP contribution in [-0.2, 0) is 4.74 Å². The fraction of sp³-hybridized carbons (Fsp3) is 0.400. The van der Waals surface area contributed by atoms with E-state index in [4.69, 9.17) is 15.3 Å². The number of nitrogens with zero attached hydrogens (tertiary/aromatic N) is 5. The summed E-state index contributed by atoms with van der Waals surface area (Å²) in [5.74, 6) is 5.95. The van der Waals surface area contributed by atoms with Gasteiger partial charge in [0.1, 0.15) is 12.4 Å². The van der Waals surface area contributed by atoms with Crippen LogP contribution in [0.1, 0.15) is 6.42 Å². The SMILES string of the molecule is NNc1nc(OC2CCOC2)nc(-n2ccnc2)n1. The molecule has 2 aromatic heterocycles. The maximum Gasteiger partial charge on any atom is 0.323 e. The highest BCUT2D eigenvalue weighted by Crippen LogP contribution is 2.15. The predicted octanol–water partition coefficient (Wildman–Crippen LogP) is -0.489. The molecule has 0 bridgehead atoms. The van der Waals surface area contributed by atoms with E-state index in [0.717, 1.165) is 6.42 Å². The van der Waals surface area contributed by atoms with Crippen LogP contribution in [0.15, 0.2) is 18.7 Å². The van der Waals surface area contributed by atoms with Crippen molar-refractivity contribution in [3.05, 3.63) is 18.7 Å². The van der Waals surface area contributed by atoms with Crippen LogP contribution in [0, 0.1) is 0 Å².